The molecule has 170 valence electrons. The molecular weight excluding hydrogens is 430 g/mol. The van der Waals surface area contributed by atoms with Crippen molar-refractivity contribution >= 4 is 29.1 Å². The Morgan fingerprint density at radius 3 is 2.56 bits per heavy atom. The summed E-state index contributed by atoms with van der Waals surface area (Å²) < 4.78 is 0. The zero-order valence-corrected chi connectivity index (χ0v) is 18.9. The Morgan fingerprint density at radius 2 is 1.88 bits per heavy atom. The minimum absolute atomic E-state index is 0.108. The molecule has 1 atom stereocenters. The fraction of sp³-hybridized carbons (Fsp3) is 0.417. The molecule has 0 bridgehead atoms. The van der Waals surface area contributed by atoms with Crippen LogP contribution in [-0.4, -0.2) is 33.7 Å². The molecule has 0 heterocycles. The summed E-state index contributed by atoms with van der Waals surface area (Å²) in [6.07, 6.45) is 5.06. The van der Waals surface area contributed by atoms with Crippen molar-refractivity contribution in [1.29, 1.82) is 0 Å². The maximum Gasteiger partial charge on any atom is 0.273 e. The third-order valence-electron chi connectivity index (χ3n) is 5.89. The van der Waals surface area contributed by atoms with Crippen molar-refractivity contribution in [2.75, 3.05) is 0 Å². The summed E-state index contributed by atoms with van der Waals surface area (Å²) in [6.45, 7) is 1.87. The molecule has 1 saturated carbocycles. The molecule has 0 aliphatic heterocycles. The summed E-state index contributed by atoms with van der Waals surface area (Å²) in [5, 5.41) is 15.0. The van der Waals surface area contributed by atoms with E-state index in [-0.39, 0.29) is 36.5 Å². The van der Waals surface area contributed by atoms with Gasteiger partial charge in [0.15, 0.2) is 0 Å². The van der Waals surface area contributed by atoms with Crippen molar-refractivity contribution in [3.05, 3.63) is 74.8 Å². The molecule has 1 aliphatic rings. The van der Waals surface area contributed by atoms with Crippen molar-refractivity contribution in [2.24, 2.45) is 0 Å². The highest BCUT2D eigenvalue weighted by molar-refractivity contribution is 6.30. The second kappa shape index (κ2) is 11.1. The minimum Gasteiger partial charge on any atom is -0.352 e. The fourth-order valence-electron chi connectivity index (χ4n) is 4.09. The van der Waals surface area contributed by atoms with Crippen LogP contribution in [0.3, 0.4) is 0 Å². The Labute approximate surface area is 192 Å². The average Bonchev–Trinajstić information content (AvgIpc) is 2.78. The molecule has 1 fully saturated rings. The van der Waals surface area contributed by atoms with Crippen molar-refractivity contribution in [2.45, 2.75) is 64.1 Å². The van der Waals surface area contributed by atoms with Gasteiger partial charge in [0.25, 0.3) is 5.69 Å². The van der Waals surface area contributed by atoms with Crippen molar-refractivity contribution < 1.29 is 14.5 Å². The van der Waals surface area contributed by atoms with Gasteiger partial charge >= 0.3 is 0 Å². The summed E-state index contributed by atoms with van der Waals surface area (Å²) in [5.41, 5.74) is 0.993. The topological polar surface area (TPSA) is 92.6 Å². The molecule has 0 aromatic heterocycles. The number of nitro groups is 1. The monoisotopic (exact) mass is 457 g/mol. The zero-order valence-electron chi connectivity index (χ0n) is 18.1. The Balaban J connectivity index is 1.81. The molecule has 2 aromatic carbocycles. The van der Waals surface area contributed by atoms with Crippen LogP contribution in [0.4, 0.5) is 5.69 Å². The van der Waals surface area contributed by atoms with Crippen molar-refractivity contribution in [3.8, 4) is 0 Å². The Hall–Kier alpha value is -2.93. The van der Waals surface area contributed by atoms with E-state index in [0.29, 0.717) is 10.6 Å². The van der Waals surface area contributed by atoms with E-state index in [1.165, 1.54) is 17.4 Å². The van der Waals surface area contributed by atoms with Crippen LogP contribution in [0.25, 0.3) is 0 Å². The van der Waals surface area contributed by atoms with E-state index in [9.17, 15) is 19.7 Å². The summed E-state index contributed by atoms with van der Waals surface area (Å²) in [7, 11) is 0. The third kappa shape index (κ3) is 6.29. The first-order valence-corrected chi connectivity index (χ1v) is 11.3. The number of rotatable bonds is 8. The molecule has 0 spiro atoms. The first kappa shape index (κ1) is 23.7. The van der Waals surface area contributed by atoms with Gasteiger partial charge in [-0.05, 0) is 37.5 Å². The lowest BCUT2D eigenvalue weighted by atomic mass is 9.95. The van der Waals surface area contributed by atoms with Gasteiger partial charge < -0.3 is 10.2 Å². The lowest BCUT2D eigenvalue weighted by Crippen LogP contribution is -2.50. The highest BCUT2D eigenvalue weighted by atomic mass is 35.5. The van der Waals surface area contributed by atoms with Gasteiger partial charge in [0, 0.05) is 29.2 Å². The number of para-hydroxylation sites is 1. The molecular formula is C24H28ClN3O4. The second-order valence-electron chi connectivity index (χ2n) is 8.23. The summed E-state index contributed by atoms with van der Waals surface area (Å²) in [5.74, 6) is -0.569. The molecule has 3 rings (SSSR count). The van der Waals surface area contributed by atoms with Crippen LogP contribution < -0.4 is 5.32 Å². The Bertz CT molecular complexity index is 975. The van der Waals surface area contributed by atoms with E-state index >= 15 is 0 Å². The van der Waals surface area contributed by atoms with E-state index < -0.39 is 11.0 Å². The lowest BCUT2D eigenvalue weighted by Gasteiger charge is -2.31. The van der Waals surface area contributed by atoms with E-state index in [2.05, 4.69) is 5.32 Å². The Kier molecular flexibility index (Phi) is 8.22. The number of hydrogen-bond acceptors (Lipinski definition) is 4. The average molecular weight is 458 g/mol. The van der Waals surface area contributed by atoms with Gasteiger partial charge in [-0.25, -0.2) is 0 Å². The predicted octanol–water partition coefficient (Wildman–Crippen LogP) is 4.66. The maximum atomic E-state index is 13.3. The van der Waals surface area contributed by atoms with Gasteiger partial charge in [-0.15, -0.1) is 0 Å². The number of halogens is 1. The zero-order chi connectivity index (χ0) is 23.1. The van der Waals surface area contributed by atoms with Crippen LogP contribution in [0.15, 0.2) is 48.5 Å². The second-order valence-corrected chi connectivity index (χ2v) is 8.67. The van der Waals surface area contributed by atoms with Crippen LogP contribution in [0, 0.1) is 10.1 Å². The van der Waals surface area contributed by atoms with E-state index in [0.717, 1.165) is 31.2 Å². The molecule has 8 heteroatoms. The largest absolute Gasteiger partial charge is 0.352 e. The number of benzene rings is 2. The van der Waals surface area contributed by atoms with Crippen LogP contribution in [0.1, 0.15) is 50.2 Å². The first-order chi connectivity index (χ1) is 15.3. The number of nitrogens with one attached hydrogen (secondary N) is 1. The number of hydrogen-bond donors (Lipinski definition) is 1. The van der Waals surface area contributed by atoms with Gasteiger partial charge in [-0.3, -0.25) is 19.7 Å². The number of carbonyl (C=O) groups is 2. The molecule has 1 N–H and O–H groups in total. The molecule has 2 amide bonds. The smallest absolute Gasteiger partial charge is 0.273 e. The summed E-state index contributed by atoms with van der Waals surface area (Å²) >= 11 is 6.11. The standard InChI is InChI=1S/C24H28ClN3O4/c1-17(24(30)26-21-11-3-2-4-12-21)27(16-18-8-7-10-20(25)14-18)23(29)15-19-9-5-6-13-22(19)28(31)32/h5-10,13-14,17,21H,2-4,11-12,15-16H2,1H3,(H,26,30). The Morgan fingerprint density at radius 1 is 1.16 bits per heavy atom. The van der Waals surface area contributed by atoms with Crippen LogP contribution in [0.5, 0.6) is 0 Å². The molecule has 32 heavy (non-hydrogen) atoms. The van der Waals surface area contributed by atoms with Crippen molar-refractivity contribution in [1.82, 2.24) is 10.2 Å². The number of carbonyl (C=O) groups excluding carboxylic acids is 2. The highest BCUT2D eigenvalue weighted by Crippen LogP contribution is 2.22. The predicted molar refractivity (Wildman–Crippen MR) is 123 cm³/mol. The van der Waals surface area contributed by atoms with E-state index in [1.54, 1.807) is 43.3 Å². The lowest BCUT2D eigenvalue weighted by molar-refractivity contribution is -0.385. The van der Waals surface area contributed by atoms with Crippen molar-refractivity contribution in [3.63, 3.8) is 0 Å². The molecule has 1 aliphatic carbocycles. The summed E-state index contributed by atoms with van der Waals surface area (Å²) in [4.78, 5) is 38.7. The summed E-state index contributed by atoms with van der Waals surface area (Å²) in [6, 6.07) is 12.7. The number of nitro benzene ring substituents is 1. The molecule has 7 nitrogen and oxygen atoms in total. The number of amides is 2. The maximum absolute atomic E-state index is 13.3. The molecule has 0 radical (unpaired) electrons. The van der Waals surface area contributed by atoms with Crippen LogP contribution in [0.2, 0.25) is 5.02 Å². The van der Waals surface area contributed by atoms with Crippen LogP contribution >= 0.6 is 11.6 Å². The molecule has 1 unspecified atom stereocenters. The molecule has 0 saturated heterocycles. The van der Waals surface area contributed by atoms with Gasteiger partial charge in [0.05, 0.1) is 11.3 Å². The minimum atomic E-state index is -0.730. The third-order valence-corrected chi connectivity index (χ3v) is 6.13. The normalized spacial score (nSPS) is 15.1. The van der Waals surface area contributed by atoms with E-state index in [4.69, 9.17) is 11.6 Å². The quantitative estimate of drug-likeness (QED) is 0.461. The van der Waals surface area contributed by atoms with Gasteiger partial charge in [-0.2, -0.15) is 0 Å². The number of nitrogens with zero attached hydrogens (tertiary/aromatic N) is 2. The first-order valence-electron chi connectivity index (χ1n) is 10.9. The van der Waals surface area contributed by atoms with Crippen LogP contribution in [-0.2, 0) is 22.6 Å². The SMILES string of the molecule is CC(C(=O)NC1CCCCC1)N(Cc1cccc(Cl)c1)C(=O)Cc1ccccc1[N+](=O)[O-]. The van der Waals surface area contributed by atoms with Gasteiger partial charge in [0.1, 0.15) is 6.04 Å². The van der Waals surface area contributed by atoms with E-state index in [1.807, 2.05) is 6.07 Å². The molecule has 2 aromatic rings. The van der Waals surface area contributed by atoms with Gasteiger partial charge in [0.2, 0.25) is 11.8 Å². The highest BCUT2D eigenvalue weighted by Gasteiger charge is 2.29. The fourth-order valence-corrected chi connectivity index (χ4v) is 4.30. The van der Waals surface area contributed by atoms with Gasteiger partial charge in [-0.1, -0.05) is 61.2 Å².